The van der Waals surface area contributed by atoms with E-state index in [-0.39, 0.29) is 0 Å². The molecular formula is C13H19N2O. The lowest BCUT2D eigenvalue weighted by atomic mass is 10.2. The predicted molar refractivity (Wildman–Crippen MR) is 64.6 cm³/mol. The van der Waals surface area contributed by atoms with Crippen LogP contribution in [0.1, 0.15) is 12.5 Å². The van der Waals surface area contributed by atoms with Crippen LogP contribution in [0.3, 0.4) is 0 Å². The minimum absolute atomic E-state index is 0.663. The first kappa shape index (κ1) is 11.6. The third kappa shape index (κ3) is 3.30. The Morgan fingerprint density at radius 1 is 1.25 bits per heavy atom. The van der Waals surface area contributed by atoms with Gasteiger partial charge in [0.25, 0.3) is 0 Å². The van der Waals surface area contributed by atoms with E-state index >= 15 is 0 Å². The van der Waals surface area contributed by atoms with Crippen LogP contribution in [-0.2, 0) is 11.3 Å². The van der Waals surface area contributed by atoms with Crippen molar-refractivity contribution in [2.45, 2.75) is 13.5 Å². The highest BCUT2D eigenvalue weighted by molar-refractivity contribution is 5.13. The largest absolute Gasteiger partial charge is 0.351 e. The van der Waals surface area contributed by atoms with Gasteiger partial charge in [0, 0.05) is 26.2 Å². The van der Waals surface area contributed by atoms with Crippen molar-refractivity contribution in [1.29, 1.82) is 0 Å². The highest BCUT2D eigenvalue weighted by Crippen LogP contribution is 2.13. The van der Waals surface area contributed by atoms with E-state index in [0.717, 1.165) is 32.4 Å². The highest BCUT2D eigenvalue weighted by atomic mass is 16.5. The molecule has 2 rings (SSSR count). The van der Waals surface area contributed by atoms with E-state index in [4.69, 9.17) is 4.74 Å². The van der Waals surface area contributed by atoms with Gasteiger partial charge in [0.15, 0.2) is 6.23 Å². The number of hydrogen-bond acceptors (Lipinski definition) is 3. The van der Waals surface area contributed by atoms with Crippen molar-refractivity contribution in [1.82, 2.24) is 10.2 Å². The summed E-state index contributed by atoms with van der Waals surface area (Å²) in [6, 6.07) is 10.3. The Morgan fingerprint density at radius 3 is 2.62 bits per heavy atom. The van der Waals surface area contributed by atoms with Gasteiger partial charge in [-0.3, -0.25) is 4.90 Å². The fraction of sp³-hybridized carbons (Fsp3) is 0.462. The van der Waals surface area contributed by atoms with Gasteiger partial charge in [0.2, 0.25) is 0 Å². The Labute approximate surface area is 97.4 Å². The van der Waals surface area contributed by atoms with Gasteiger partial charge in [-0.15, -0.1) is 0 Å². The van der Waals surface area contributed by atoms with E-state index in [9.17, 15) is 0 Å². The van der Waals surface area contributed by atoms with Gasteiger partial charge in [-0.2, -0.15) is 0 Å². The standard InChI is InChI=1S/C13H19N2O/c1-12(15-9-7-14-8-10-15)16-11-13-5-3-2-4-6-13/h2-6,14H,7-11H2,1H3. The molecule has 1 radical (unpaired) electrons. The summed E-state index contributed by atoms with van der Waals surface area (Å²) in [5.41, 5.74) is 1.22. The van der Waals surface area contributed by atoms with Gasteiger partial charge in [0.1, 0.15) is 0 Å². The van der Waals surface area contributed by atoms with E-state index < -0.39 is 0 Å². The summed E-state index contributed by atoms with van der Waals surface area (Å²) in [5.74, 6) is 0. The molecule has 3 nitrogen and oxygen atoms in total. The predicted octanol–water partition coefficient (Wildman–Crippen LogP) is 1.62. The number of nitrogens with one attached hydrogen (secondary N) is 1. The lowest BCUT2D eigenvalue weighted by Gasteiger charge is -2.31. The quantitative estimate of drug-likeness (QED) is 0.832. The molecule has 1 fully saturated rings. The Kier molecular flexibility index (Phi) is 4.34. The van der Waals surface area contributed by atoms with Crippen LogP contribution in [0.15, 0.2) is 30.3 Å². The second-order valence-corrected chi connectivity index (χ2v) is 4.03. The third-order valence-electron chi connectivity index (χ3n) is 2.85. The highest BCUT2D eigenvalue weighted by Gasteiger charge is 2.17. The normalized spacial score (nSPS) is 17.9. The van der Waals surface area contributed by atoms with Crippen molar-refractivity contribution in [3.05, 3.63) is 42.1 Å². The van der Waals surface area contributed by atoms with E-state index in [2.05, 4.69) is 22.3 Å². The molecule has 0 bridgehead atoms. The summed E-state index contributed by atoms with van der Waals surface area (Å²) in [4.78, 5) is 2.29. The van der Waals surface area contributed by atoms with Crippen LogP contribution in [0.4, 0.5) is 0 Å². The minimum atomic E-state index is 0.663. The van der Waals surface area contributed by atoms with Crippen LogP contribution in [0.2, 0.25) is 0 Å². The van der Waals surface area contributed by atoms with Crippen molar-refractivity contribution in [3.63, 3.8) is 0 Å². The van der Waals surface area contributed by atoms with Crippen LogP contribution in [-0.4, -0.2) is 31.1 Å². The third-order valence-corrected chi connectivity index (χ3v) is 2.85. The topological polar surface area (TPSA) is 24.5 Å². The molecule has 3 heteroatoms. The SMILES string of the molecule is C[C](OCc1ccccc1)N1CCNCC1. The number of hydrogen-bond donors (Lipinski definition) is 1. The van der Waals surface area contributed by atoms with Crippen LogP contribution >= 0.6 is 0 Å². The zero-order valence-electron chi connectivity index (χ0n) is 9.78. The molecule has 87 valence electrons. The molecule has 1 heterocycles. The maximum atomic E-state index is 5.78. The molecule has 1 aromatic rings. The van der Waals surface area contributed by atoms with Crippen LogP contribution in [0.25, 0.3) is 0 Å². The Balaban J connectivity index is 1.76. The second kappa shape index (κ2) is 5.99. The zero-order chi connectivity index (χ0) is 11.2. The molecular weight excluding hydrogens is 200 g/mol. The summed E-state index contributed by atoms with van der Waals surface area (Å²) in [6.45, 7) is 6.89. The minimum Gasteiger partial charge on any atom is -0.351 e. The number of rotatable bonds is 4. The summed E-state index contributed by atoms with van der Waals surface area (Å²) >= 11 is 0. The van der Waals surface area contributed by atoms with E-state index in [1.807, 2.05) is 25.1 Å². The molecule has 0 saturated carbocycles. The maximum Gasteiger partial charge on any atom is 0.162 e. The first-order valence-corrected chi connectivity index (χ1v) is 5.82. The molecule has 0 unspecified atom stereocenters. The molecule has 16 heavy (non-hydrogen) atoms. The van der Waals surface area contributed by atoms with E-state index in [1.165, 1.54) is 5.56 Å². The van der Waals surface area contributed by atoms with Gasteiger partial charge < -0.3 is 10.1 Å². The summed E-state index contributed by atoms with van der Waals surface area (Å²) < 4.78 is 5.78. The first-order valence-electron chi connectivity index (χ1n) is 5.82. The average Bonchev–Trinajstić information content (AvgIpc) is 2.38. The molecule has 1 N–H and O–H groups in total. The molecule has 0 amide bonds. The average molecular weight is 219 g/mol. The fourth-order valence-corrected chi connectivity index (χ4v) is 1.83. The maximum absolute atomic E-state index is 5.78. The molecule has 0 spiro atoms. The van der Waals surface area contributed by atoms with Crippen LogP contribution in [0.5, 0.6) is 0 Å². The Hall–Kier alpha value is -0.900. The fourth-order valence-electron chi connectivity index (χ4n) is 1.83. The van der Waals surface area contributed by atoms with Gasteiger partial charge in [-0.25, -0.2) is 0 Å². The van der Waals surface area contributed by atoms with Crippen molar-refractivity contribution in [2.24, 2.45) is 0 Å². The first-order chi connectivity index (χ1) is 7.86. The molecule has 0 aliphatic carbocycles. The number of piperazine rings is 1. The summed E-state index contributed by atoms with van der Waals surface area (Å²) in [6.07, 6.45) is 1.03. The van der Waals surface area contributed by atoms with Crippen LogP contribution < -0.4 is 5.32 Å². The molecule has 1 aliphatic rings. The molecule has 1 saturated heterocycles. The van der Waals surface area contributed by atoms with Crippen molar-refractivity contribution < 1.29 is 4.74 Å². The second-order valence-electron chi connectivity index (χ2n) is 4.03. The van der Waals surface area contributed by atoms with Gasteiger partial charge in [-0.05, 0) is 12.5 Å². The summed E-state index contributed by atoms with van der Waals surface area (Å²) in [7, 11) is 0. The molecule has 0 aromatic heterocycles. The monoisotopic (exact) mass is 219 g/mol. The van der Waals surface area contributed by atoms with Crippen molar-refractivity contribution in [2.75, 3.05) is 26.2 Å². The smallest absolute Gasteiger partial charge is 0.162 e. The lowest BCUT2D eigenvalue weighted by molar-refractivity contribution is 0.0267. The zero-order valence-corrected chi connectivity index (χ0v) is 9.78. The van der Waals surface area contributed by atoms with Crippen LogP contribution in [0, 0.1) is 6.23 Å². The molecule has 0 atom stereocenters. The summed E-state index contributed by atoms with van der Waals surface area (Å²) in [5, 5.41) is 3.33. The van der Waals surface area contributed by atoms with Gasteiger partial charge in [0.05, 0.1) is 6.61 Å². The van der Waals surface area contributed by atoms with Crippen molar-refractivity contribution in [3.8, 4) is 0 Å². The number of benzene rings is 1. The molecule has 1 aliphatic heterocycles. The molecule has 1 aromatic carbocycles. The lowest BCUT2D eigenvalue weighted by Crippen LogP contribution is -2.45. The number of nitrogens with zero attached hydrogens (tertiary/aromatic N) is 1. The van der Waals surface area contributed by atoms with E-state index in [1.54, 1.807) is 0 Å². The Morgan fingerprint density at radius 2 is 1.94 bits per heavy atom. The Bertz CT molecular complexity index is 296. The van der Waals surface area contributed by atoms with Crippen molar-refractivity contribution >= 4 is 0 Å². The van der Waals surface area contributed by atoms with Gasteiger partial charge >= 0.3 is 0 Å². The van der Waals surface area contributed by atoms with E-state index in [0.29, 0.717) is 6.61 Å². The number of ether oxygens (including phenoxy) is 1. The van der Waals surface area contributed by atoms with Gasteiger partial charge in [-0.1, -0.05) is 30.3 Å².